The predicted molar refractivity (Wildman–Crippen MR) is 137 cm³/mol. The highest BCUT2D eigenvalue weighted by molar-refractivity contribution is 5.96. The molecule has 6 nitrogen and oxygen atoms in total. The van der Waals surface area contributed by atoms with Crippen molar-refractivity contribution in [2.45, 2.75) is 38.0 Å². The number of nitrogens with zero attached hydrogens (tertiary/aromatic N) is 4. The lowest BCUT2D eigenvalue weighted by atomic mass is 9.91. The van der Waals surface area contributed by atoms with Crippen LogP contribution in [-0.2, 0) is 6.42 Å². The van der Waals surface area contributed by atoms with Crippen molar-refractivity contribution in [1.29, 1.82) is 0 Å². The number of fused-ring (bicyclic) bond motifs is 2. The summed E-state index contributed by atoms with van der Waals surface area (Å²) in [7, 11) is 0. The molecule has 2 aliphatic heterocycles. The summed E-state index contributed by atoms with van der Waals surface area (Å²) in [4.78, 5) is 17.8. The van der Waals surface area contributed by atoms with Gasteiger partial charge in [0.05, 0.1) is 11.3 Å². The fourth-order valence-electron chi connectivity index (χ4n) is 5.81. The van der Waals surface area contributed by atoms with Crippen LogP contribution >= 0.6 is 0 Å². The first-order valence-corrected chi connectivity index (χ1v) is 13.0. The van der Waals surface area contributed by atoms with Gasteiger partial charge < -0.3 is 18.9 Å². The Kier molecular flexibility index (Phi) is 6.32. The van der Waals surface area contributed by atoms with Crippen LogP contribution in [0.25, 0.3) is 16.7 Å². The second kappa shape index (κ2) is 9.90. The number of carbonyl (C=O) groups is 1. The van der Waals surface area contributed by atoms with E-state index in [1.165, 1.54) is 12.1 Å². The van der Waals surface area contributed by atoms with Gasteiger partial charge in [-0.1, -0.05) is 23.4 Å². The third-order valence-corrected chi connectivity index (χ3v) is 7.72. The Morgan fingerprint density at radius 3 is 2.67 bits per heavy atom. The van der Waals surface area contributed by atoms with E-state index in [0.717, 1.165) is 92.9 Å². The molecular formula is C29H31FN4O2. The maximum absolute atomic E-state index is 13.5. The number of halogens is 1. The van der Waals surface area contributed by atoms with E-state index in [1.807, 2.05) is 35.4 Å². The summed E-state index contributed by atoms with van der Waals surface area (Å²) in [5.41, 5.74) is 4.56. The molecule has 0 saturated carbocycles. The number of likely N-dealkylation sites (tertiary alicyclic amines) is 1. The van der Waals surface area contributed by atoms with Gasteiger partial charge in [0, 0.05) is 48.0 Å². The molecule has 2 aromatic carbocycles. The number of piperidine rings is 1. The van der Waals surface area contributed by atoms with Crippen LogP contribution in [0.2, 0.25) is 0 Å². The molecule has 4 heterocycles. The van der Waals surface area contributed by atoms with Crippen LogP contribution in [0.5, 0.6) is 0 Å². The molecule has 0 unspecified atom stereocenters. The molecule has 0 atom stereocenters. The van der Waals surface area contributed by atoms with E-state index < -0.39 is 0 Å². The van der Waals surface area contributed by atoms with Crippen molar-refractivity contribution in [3.63, 3.8) is 0 Å². The van der Waals surface area contributed by atoms with E-state index in [0.29, 0.717) is 11.5 Å². The molecule has 1 amide bonds. The molecule has 1 saturated heterocycles. The van der Waals surface area contributed by atoms with Crippen molar-refractivity contribution in [3.8, 4) is 5.69 Å². The second-order valence-electron chi connectivity index (χ2n) is 9.96. The first-order chi connectivity index (χ1) is 17.7. The topological polar surface area (TPSA) is 54.5 Å². The van der Waals surface area contributed by atoms with Gasteiger partial charge >= 0.3 is 0 Å². The lowest BCUT2D eigenvalue weighted by Crippen LogP contribution is -2.37. The van der Waals surface area contributed by atoms with Gasteiger partial charge in [-0.3, -0.25) is 4.79 Å². The van der Waals surface area contributed by atoms with Crippen LogP contribution in [0.15, 0.2) is 65.3 Å². The average molecular weight is 487 g/mol. The van der Waals surface area contributed by atoms with Crippen LogP contribution in [0, 0.1) is 5.82 Å². The molecule has 4 aromatic rings. The van der Waals surface area contributed by atoms with Crippen LogP contribution in [0.3, 0.4) is 0 Å². The summed E-state index contributed by atoms with van der Waals surface area (Å²) in [5, 5.41) is 5.18. The minimum Gasteiger partial charge on any atom is -0.356 e. The van der Waals surface area contributed by atoms with Crippen molar-refractivity contribution in [2.75, 3.05) is 32.7 Å². The SMILES string of the molecule is O=C1c2ccn(-c3ccccc3)c2CCCN1CCCN1CCC(c2noc3cc(F)ccc23)CC1. The number of benzene rings is 2. The van der Waals surface area contributed by atoms with Crippen LogP contribution in [-0.4, -0.2) is 58.2 Å². The Balaban J connectivity index is 1.03. The molecule has 186 valence electrons. The smallest absolute Gasteiger partial charge is 0.255 e. The molecule has 7 heteroatoms. The lowest BCUT2D eigenvalue weighted by molar-refractivity contribution is 0.0751. The van der Waals surface area contributed by atoms with E-state index >= 15 is 0 Å². The molecule has 1 fully saturated rings. The standard InChI is InChI=1S/C29H31FN4O2/c30-22-9-10-25-27(20-22)36-31-28(25)21-11-17-32(18-12-21)14-5-16-33-15-4-8-26-24(29(33)35)13-19-34(26)23-6-2-1-3-7-23/h1-3,6-7,9-10,13,19-21H,4-5,8,11-12,14-18H2. The van der Waals surface area contributed by atoms with Gasteiger partial charge in [0.1, 0.15) is 5.82 Å². The maximum Gasteiger partial charge on any atom is 0.255 e. The van der Waals surface area contributed by atoms with Crippen LogP contribution < -0.4 is 0 Å². The van der Waals surface area contributed by atoms with Gasteiger partial charge in [-0.25, -0.2) is 4.39 Å². The Bertz CT molecular complexity index is 1350. The van der Waals surface area contributed by atoms with Crippen molar-refractivity contribution in [1.82, 2.24) is 19.5 Å². The number of para-hydroxylation sites is 1. The van der Waals surface area contributed by atoms with E-state index in [2.05, 4.69) is 26.8 Å². The van der Waals surface area contributed by atoms with Gasteiger partial charge in [-0.15, -0.1) is 0 Å². The molecule has 0 N–H and O–H groups in total. The van der Waals surface area contributed by atoms with Crippen LogP contribution in [0.1, 0.15) is 53.3 Å². The Labute approximate surface area is 210 Å². The van der Waals surface area contributed by atoms with Gasteiger partial charge in [-0.2, -0.15) is 0 Å². The minimum absolute atomic E-state index is 0.158. The summed E-state index contributed by atoms with van der Waals surface area (Å²) in [6.07, 6.45) is 6.92. The molecular weight excluding hydrogens is 455 g/mol. The van der Waals surface area contributed by atoms with Gasteiger partial charge in [0.15, 0.2) is 5.58 Å². The van der Waals surface area contributed by atoms with E-state index in [9.17, 15) is 9.18 Å². The quantitative estimate of drug-likeness (QED) is 0.365. The molecule has 6 rings (SSSR count). The highest BCUT2D eigenvalue weighted by Crippen LogP contribution is 2.33. The fraction of sp³-hybridized carbons (Fsp3) is 0.379. The number of rotatable bonds is 6. The summed E-state index contributed by atoms with van der Waals surface area (Å²) in [6, 6.07) is 16.9. The number of carbonyl (C=O) groups excluding carboxylic acids is 1. The van der Waals surface area contributed by atoms with Crippen molar-refractivity contribution in [2.24, 2.45) is 0 Å². The van der Waals surface area contributed by atoms with Gasteiger partial charge in [0.2, 0.25) is 0 Å². The van der Waals surface area contributed by atoms with Crippen molar-refractivity contribution in [3.05, 3.63) is 83.6 Å². The number of aromatic nitrogens is 2. The summed E-state index contributed by atoms with van der Waals surface area (Å²) < 4.78 is 21.0. The zero-order valence-electron chi connectivity index (χ0n) is 20.4. The summed E-state index contributed by atoms with van der Waals surface area (Å²) in [6.45, 7) is 4.58. The van der Waals surface area contributed by atoms with E-state index in [4.69, 9.17) is 4.52 Å². The summed E-state index contributed by atoms with van der Waals surface area (Å²) in [5.74, 6) is 0.199. The van der Waals surface area contributed by atoms with Crippen molar-refractivity contribution >= 4 is 16.9 Å². The predicted octanol–water partition coefficient (Wildman–Crippen LogP) is 5.42. The largest absolute Gasteiger partial charge is 0.356 e. The highest BCUT2D eigenvalue weighted by atomic mass is 19.1. The van der Waals surface area contributed by atoms with E-state index in [1.54, 1.807) is 6.07 Å². The molecule has 2 aromatic heterocycles. The molecule has 0 spiro atoms. The molecule has 0 radical (unpaired) electrons. The fourth-order valence-corrected chi connectivity index (χ4v) is 5.81. The van der Waals surface area contributed by atoms with Gasteiger partial charge in [-0.05, 0) is 82.1 Å². The molecule has 0 aliphatic carbocycles. The number of hydrogen-bond donors (Lipinski definition) is 0. The first kappa shape index (κ1) is 23.0. The van der Waals surface area contributed by atoms with Crippen LogP contribution in [0.4, 0.5) is 4.39 Å². The second-order valence-corrected chi connectivity index (χ2v) is 9.96. The van der Waals surface area contributed by atoms with Gasteiger partial charge in [0.25, 0.3) is 5.91 Å². The number of hydrogen-bond acceptors (Lipinski definition) is 4. The lowest BCUT2D eigenvalue weighted by Gasteiger charge is -2.31. The monoisotopic (exact) mass is 486 g/mol. The Morgan fingerprint density at radius 1 is 1.00 bits per heavy atom. The zero-order valence-corrected chi connectivity index (χ0v) is 20.4. The molecule has 36 heavy (non-hydrogen) atoms. The molecule has 2 aliphatic rings. The minimum atomic E-state index is -0.298. The molecule has 0 bridgehead atoms. The Morgan fingerprint density at radius 2 is 1.83 bits per heavy atom. The summed E-state index contributed by atoms with van der Waals surface area (Å²) >= 11 is 0. The number of amides is 1. The van der Waals surface area contributed by atoms with Crippen molar-refractivity contribution < 1.29 is 13.7 Å². The normalized spacial score (nSPS) is 17.5. The highest BCUT2D eigenvalue weighted by Gasteiger charge is 2.27. The Hall–Kier alpha value is -3.45. The average Bonchev–Trinajstić information content (AvgIpc) is 3.48. The third-order valence-electron chi connectivity index (χ3n) is 7.72. The van der Waals surface area contributed by atoms with E-state index in [-0.39, 0.29) is 11.7 Å². The third kappa shape index (κ3) is 4.44. The zero-order chi connectivity index (χ0) is 24.5. The maximum atomic E-state index is 13.5. The first-order valence-electron chi connectivity index (χ1n) is 13.0.